The van der Waals surface area contributed by atoms with Crippen molar-refractivity contribution < 1.29 is 23.5 Å². The molecule has 0 fully saturated rings. The predicted molar refractivity (Wildman–Crippen MR) is 118 cm³/mol. The summed E-state index contributed by atoms with van der Waals surface area (Å²) < 4.78 is 25.8. The minimum atomic E-state index is -0.491. The van der Waals surface area contributed by atoms with Gasteiger partial charge in [0.2, 0.25) is 5.88 Å². The molecule has 0 aliphatic heterocycles. The lowest BCUT2D eigenvalue weighted by Gasteiger charge is -2.19. The summed E-state index contributed by atoms with van der Waals surface area (Å²) in [5.41, 5.74) is 2.21. The van der Waals surface area contributed by atoms with Crippen molar-refractivity contribution in [3.8, 4) is 11.6 Å². The van der Waals surface area contributed by atoms with E-state index in [1.54, 1.807) is 25.1 Å². The molecule has 1 atom stereocenters. The van der Waals surface area contributed by atoms with Gasteiger partial charge in [-0.25, -0.2) is 4.39 Å². The van der Waals surface area contributed by atoms with Crippen molar-refractivity contribution in [2.24, 2.45) is 0 Å². The molecule has 3 aromatic rings. The number of nitrogens with zero attached hydrogens (tertiary/aromatic N) is 2. The van der Waals surface area contributed by atoms with E-state index in [9.17, 15) is 14.0 Å². The van der Waals surface area contributed by atoms with Gasteiger partial charge in [0, 0.05) is 18.5 Å². The van der Waals surface area contributed by atoms with E-state index in [2.05, 4.69) is 10.4 Å². The molecule has 0 saturated heterocycles. The Labute approximate surface area is 186 Å². The van der Waals surface area contributed by atoms with Crippen LogP contribution in [0.1, 0.15) is 40.9 Å². The van der Waals surface area contributed by atoms with Crippen molar-refractivity contribution in [3.05, 3.63) is 77.2 Å². The number of nitrogens with one attached hydrogen (secondary N) is 1. The van der Waals surface area contributed by atoms with E-state index in [1.165, 1.54) is 23.9 Å². The lowest BCUT2D eigenvalue weighted by atomic mass is 9.92. The number of halogens is 1. The molecule has 0 spiro atoms. The summed E-state index contributed by atoms with van der Waals surface area (Å²) >= 11 is 0. The second kappa shape index (κ2) is 10.6. The Bertz CT molecular complexity index is 1100. The molecule has 0 radical (unpaired) electrons. The molecular formula is C24H26FN3O4. The van der Waals surface area contributed by atoms with Crippen LogP contribution in [-0.4, -0.2) is 41.9 Å². The Kier molecular flexibility index (Phi) is 7.59. The Morgan fingerprint density at radius 2 is 1.88 bits per heavy atom. The average Bonchev–Trinajstić information content (AvgIpc) is 3.22. The summed E-state index contributed by atoms with van der Waals surface area (Å²) in [4.78, 5) is 24.9. The second-order valence-corrected chi connectivity index (χ2v) is 7.21. The van der Waals surface area contributed by atoms with E-state index < -0.39 is 11.7 Å². The molecule has 32 heavy (non-hydrogen) atoms. The quantitative estimate of drug-likeness (QED) is 0.513. The molecule has 7 nitrogen and oxygen atoms in total. The van der Waals surface area contributed by atoms with Crippen LogP contribution in [0.4, 0.5) is 4.39 Å². The van der Waals surface area contributed by atoms with Crippen LogP contribution in [0.15, 0.2) is 54.6 Å². The van der Waals surface area contributed by atoms with Crippen molar-refractivity contribution >= 4 is 11.9 Å². The zero-order chi connectivity index (χ0) is 23.1. The van der Waals surface area contributed by atoms with Crippen molar-refractivity contribution in [2.75, 3.05) is 20.3 Å². The number of hydrogen-bond donors (Lipinski definition) is 1. The van der Waals surface area contributed by atoms with Gasteiger partial charge >= 0.3 is 5.97 Å². The molecule has 1 heterocycles. The van der Waals surface area contributed by atoms with Gasteiger partial charge in [-0.05, 0) is 37.1 Å². The van der Waals surface area contributed by atoms with Crippen LogP contribution < -0.4 is 10.1 Å². The van der Waals surface area contributed by atoms with Crippen LogP contribution in [-0.2, 0) is 9.53 Å². The molecule has 0 aliphatic rings. The average molecular weight is 439 g/mol. The van der Waals surface area contributed by atoms with Crippen LogP contribution in [0.5, 0.6) is 5.88 Å². The van der Waals surface area contributed by atoms with Gasteiger partial charge in [-0.3, -0.25) is 9.59 Å². The minimum absolute atomic E-state index is 0.0739. The third-order valence-corrected chi connectivity index (χ3v) is 5.05. The van der Waals surface area contributed by atoms with E-state index in [0.717, 1.165) is 11.1 Å². The Morgan fingerprint density at radius 3 is 2.56 bits per heavy atom. The van der Waals surface area contributed by atoms with Gasteiger partial charge in [-0.1, -0.05) is 36.4 Å². The monoisotopic (exact) mass is 439 g/mol. The number of ether oxygens (including phenoxy) is 2. The first-order chi connectivity index (χ1) is 15.4. The van der Waals surface area contributed by atoms with Gasteiger partial charge in [-0.15, -0.1) is 0 Å². The zero-order valence-corrected chi connectivity index (χ0v) is 18.3. The van der Waals surface area contributed by atoms with Crippen LogP contribution in [0.3, 0.4) is 0 Å². The van der Waals surface area contributed by atoms with Gasteiger partial charge < -0.3 is 14.8 Å². The van der Waals surface area contributed by atoms with E-state index >= 15 is 0 Å². The first kappa shape index (κ1) is 23.0. The Balaban J connectivity index is 1.80. The predicted octanol–water partition coefficient (Wildman–Crippen LogP) is 3.80. The van der Waals surface area contributed by atoms with Gasteiger partial charge in [0.05, 0.1) is 20.1 Å². The topological polar surface area (TPSA) is 82.5 Å². The fourth-order valence-corrected chi connectivity index (χ4v) is 3.48. The number of para-hydroxylation sites is 1. The lowest BCUT2D eigenvalue weighted by Crippen LogP contribution is -2.30. The van der Waals surface area contributed by atoms with Crippen molar-refractivity contribution in [3.63, 3.8) is 0 Å². The van der Waals surface area contributed by atoms with Crippen molar-refractivity contribution in [2.45, 2.75) is 26.2 Å². The number of aryl methyl sites for hydroxylation is 1. The second-order valence-electron chi connectivity index (χ2n) is 7.21. The summed E-state index contributed by atoms with van der Waals surface area (Å²) in [6, 6.07) is 15.2. The Hall–Kier alpha value is -3.68. The number of carbonyl (C=O) groups is 2. The molecule has 1 N–H and O–H groups in total. The van der Waals surface area contributed by atoms with Gasteiger partial charge in [-0.2, -0.15) is 9.78 Å². The number of hydrogen-bond acceptors (Lipinski definition) is 5. The maximum absolute atomic E-state index is 14.2. The first-order valence-electron chi connectivity index (χ1n) is 10.3. The molecule has 1 aromatic heterocycles. The third-order valence-electron chi connectivity index (χ3n) is 5.05. The smallest absolute Gasteiger partial charge is 0.306 e. The highest BCUT2D eigenvalue weighted by Gasteiger charge is 2.22. The maximum Gasteiger partial charge on any atom is 0.306 e. The molecule has 0 aliphatic carbocycles. The third kappa shape index (κ3) is 5.32. The fraction of sp³-hybridized carbons (Fsp3) is 0.292. The van der Waals surface area contributed by atoms with E-state index in [-0.39, 0.29) is 42.1 Å². The molecule has 0 saturated carbocycles. The largest absolute Gasteiger partial charge is 0.481 e. The minimum Gasteiger partial charge on any atom is -0.481 e. The molecule has 1 unspecified atom stereocenters. The summed E-state index contributed by atoms with van der Waals surface area (Å²) in [6.07, 6.45) is 0.131. The van der Waals surface area contributed by atoms with E-state index in [1.807, 2.05) is 31.2 Å². The molecule has 0 bridgehead atoms. The fourth-order valence-electron chi connectivity index (χ4n) is 3.48. The zero-order valence-electron chi connectivity index (χ0n) is 18.3. The molecule has 1 amide bonds. The van der Waals surface area contributed by atoms with E-state index in [4.69, 9.17) is 9.47 Å². The summed E-state index contributed by atoms with van der Waals surface area (Å²) in [6.45, 7) is 4.20. The molecular weight excluding hydrogens is 413 g/mol. The van der Waals surface area contributed by atoms with Crippen LogP contribution in [0.25, 0.3) is 5.69 Å². The molecule has 2 aromatic carbocycles. The highest BCUT2D eigenvalue weighted by atomic mass is 19.1. The van der Waals surface area contributed by atoms with Crippen LogP contribution >= 0.6 is 0 Å². The van der Waals surface area contributed by atoms with Gasteiger partial charge in [0.25, 0.3) is 5.91 Å². The highest BCUT2D eigenvalue weighted by molar-refractivity contribution is 5.92. The number of methoxy groups -OCH3 is 1. The van der Waals surface area contributed by atoms with Gasteiger partial charge in [0.15, 0.2) is 5.69 Å². The van der Waals surface area contributed by atoms with Crippen LogP contribution in [0, 0.1) is 12.7 Å². The van der Waals surface area contributed by atoms with Crippen LogP contribution in [0.2, 0.25) is 0 Å². The standard InChI is InChI=1S/C24H26FN3O4/c1-4-32-23(29)13-17(18-10-6-5-9-16(18)2)15-26-24(30)20-14-22(31-3)28(27-20)21-12-8-7-11-19(21)25/h5-12,14,17H,4,13,15H2,1-3H3,(H,26,30). The van der Waals surface area contributed by atoms with Gasteiger partial charge in [0.1, 0.15) is 11.5 Å². The molecule has 8 heteroatoms. The number of carbonyl (C=O) groups excluding carboxylic acids is 2. The number of benzene rings is 2. The summed E-state index contributed by atoms with van der Waals surface area (Å²) in [7, 11) is 1.42. The number of amides is 1. The highest BCUT2D eigenvalue weighted by Crippen LogP contribution is 2.24. The Morgan fingerprint density at radius 1 is 1.16 bits per heavy atom. The number of aromatic nitrogens is 2. The number of rotatable bonds is 9. The number of esters is 1. The normalized spacial score (nSPS) is 11.6. The SMILES string of the molecule is CCOC(=O)CC(CNC(=O)c1cc(OC)n(-c2ccccc2F)n1)c1ccccc1C. The summed E-state index contributed by atoms with van der Waals surface area (Å²) in [5, 5.41) is 7.05. The van der Waals surface area contributed by atoms with Crippen molar-refractivity contribution in [1.29, 1.82) is 0 Å². The lowest BCUT2D eigenvalue weighted by molar-refractivity contribution is -0.143. The maximum atomic E-state index is 14.2. The molecule has 3 rings (SSSR count). The van der Waals surface area contributed by atoms with E-state index in [0.29, 0.717) is 6.61 Å². The first-order valence-corrected chi connectivity index (χ1v) is 10.3. The molecule has 168 valence electrons. The summed E-state index contributed by atoms with van der Waals surface area (Å²) in [5.74, 6) is -1.33. The van der Waals surface area contributed by atoms with Crippen molar-refractivity contribution in [1.82, 2.24) is 15.1 Å².